The molecule has 1 unspecified atom stereocenters. The molecule has 0 fully saturated rings. The van der Waals surface area contributed by atoms with Gasteiger partial charge in [0, 0.05) is 12.5 Å². The first-order chi connectivity index (χ1) is 9.61. The summed E-state index contributed by atoms with van der Waals surface area (Å²) in [4.78, 5) is 29.6. The molecular formula is C14H12N4O2. The molecule has 2 heterocycles. The van der Waals surface area contributed by atoms with Crippen molar-refractivity contribution < 1.29 is 9.59 Å². The van der Waals surface area contributed by atoms with E-state index in [0.29, 0.717) is 17.1 Å². The normalized spacial score (nSPS) is 16.3. The number of carbonyl (C=O) groups excluding carboxylic acids is 2. The first-order valence-corrected chi connectivity index (χ1v) is 6.18. The van der Waals surface area contributed by atoms with Crippen molar-refractivity contribution >= 4 is 17.4 Å². The van der Waals surface area contributed by atoms with Gasteiger partial charge in [0.05, 0.1) is 5.69 Å². The summed E-state index contributed by atoms with van der Waals surface area (Å²) in [5, 5.41) is 7.87. The predicted molar refractivity (Wildman–Crippen MR) is 71.8 cm³/mol. The van der Waals surface area contributed by atoms with Crippen LogP contribution in [0.5, 0.6) is 0 Å². The van der Waals surface area contributed by atoms with E-state index in [4.69, 9.17) is 0 Å². The van der Waals surface area contributed by atoms with Crippen LogP contribution in [-0.4, -0.2) is 26.9 Å². The quantitative estimate of drug-likeness (QED) is 0.784. The Morgan fingerprint density at radius 3 is 2.65 bits per heavy atom. The van der Waals surface area contributed by atoms with Crippen molar-refractivity contribution in [1.82, 2.24) is 15.2 Å². The van der Waals surface area contributed by atoms with Crippen molar-refractivity contribution in [2.75, 3.05) is 4.90 Å². The maximum Gasteiger partial charge on any atom is 0.224 e. The lowest BCUT2D eigenvalue weighted by Crippen LogP contribution is -2.40. The Hall–Kier alpha value is -2.63. The second kappa shape index (κ2) is 4.48. The fourth-order valence-corrected chi connectivity index (χ4v) is 2.55. The number of aromatic nitrogens is 3. The molecule has 1 aliphatic rings. The number of ketones is 1. The first kappa shape index (κ1) is 12.4. The lowest BCUT2D eigenvalue weighted by atomic mass is 9.94. The highest BCUT2D eigenvalue weighted by atomic mass is 16.2. The summed E-state index contributed by atoms with van der Waals surface area (Å²) in [7, 11) is 0. The van der Waals surface area contributed by atoms with Crippen LogP contribution in [0, 0.1) is 0 Å². The van der Waals surface area contributed by atoms with Gasteiger partial charge in [-0.05, 0) is 13.0 Å². The summed E-state index contributed by atoms with van der Waals surface area (Å²) in [6.07, 6.45) is 1.29. The van der Waals surface area contributed by atoms with Crippen molar-refractivity contribution in [1.29, 1.82) is 0 Å². The molecule has 1 aliphatic heterocycles. The number of Topliss-reactive ketones (excluding diaryl/α,β-unsaturated/α-hetero) is 1. The number of hydrogen-bond acceptors (Lipinski definition) is 5. The second-order valence-electron chi connectivity index (χ2n) is 4.61. The third-order valence-corrected chi connectivity index (χ3v) is 3.31. The number of rotatable bonds is 1. The summed E-state index contributed by atoms with van der Waals surface area (Å²) in [6, 6.07) is 6.57. The number of amides is 1. The number of anilines is 1. The van der Waals surface area contributed by atoms with Crippen LogP contribution in [0.3, 0.4) is 0 Å². The van der Waals surface area contributed by atoms with Crippen molar-refractivity contribution in [3.63, 3.8) is 0 Å². The van der Waals surface area contributed by atoms with Crippen LogP contribution in [0.4, 0.5) is 5.69 Å². The number of nitrogens with zero attached hydrogens (tertiary/aromatic N) is 4. The Bertz CT molecular complexity index is 652. The Kier molecular flexibility index (Phi) is 2.78. The van der Waals surface area contributed by atoms with E-state index >= 15 is 0 Å². The molecule has 1 aromatic carbocycles. The molecule has 1 amide bonds. The molecular weight excluding hydrogens is 256 g/mol. The van der Waals surface area contributed by atoms with E-state index in [9.17, 15) is 9.59 Å². The molecule has 0 aliphatic carbocycles. The van der Waals surface area contributed by atoms with Crippen molar-refractivity contribution in [3.05, 3.63) is 36.3 Å². The summed E-state index contributed by atoms with van der Waals surface area (Å²) < 4.78 is 0. The Balaban J connectivity index is 2.35. The average Bonchev–Trinajstić information content (AvgIpc) is 2.45. The summed E-state index contributed by atoms with van der Waals surface area (Å²) >= 11 is 0. The van der Waals surface area contributed by atoms with Crippen LogP contribution in [0.1, 0.15) is 25.6 Å². The zero-order valence-electron chi connectivity index (χ0n) is 11.1. The smallest absolute Gasteiger partial charge is 0.224 e. The van der Waals surface area contributed by atoms with Gasteiger partial charge in [-0.15, -0.1) is 10.2 Å². The molecule has 0 radical (unpaired) electrons. The lowest BCUT2D eigenvalue weighted by Gasteiger charge is -2.34. The van der Waals surface area contributed by atoms with Crippen molar-refractivity contribution in [3.8, 4) is 11.3 Å². The zero-order chi connectivity index (χ0) is 14.3. The summed E-state index contributed by atoms with van der Waals surface area (Å²) in [6.45, 7) is 2.88. The summed E-state index contributed by atoms with van der Waals surface area (Å²) in [5.41, 5.74) is 2.45. The van der Waals surface area contributed by atoms with Gasteiger partial charge in [0.25, 0.3) is 0 Å². The van der Waals surface area contributed by atoms with Gasteiger partial charge in [0.15, 0.2) is 5.78 Å². The molecule has 0 spiro atoms. The van der Waals surface area contributed by atoms with E-state index in [2.05, 4.69) is 15.2 Å². The van der Waals surface area contributed by atoms with Gasteiger partial charge in [0.1, 0.15) is 23.8 Å². The highest BCUT2D eigenvalue weighted by molar-refractivity contribution is 6.05. The van der Waals surface area contributed by atoms with Gasteiger partial charge in [0.2, 0.25) is 5.91 Å². The lowest BCUT2D eigenvalue weighted by molar-refractivity contribution is -0.123. The zero-order valence-corrected chi connectivity index (χ0v) is 11.1. The molecule has 0 saturated carbocycles. The Morgan fingerprint density at radius 2 is 1.95 bits per heavy atom. The van der Waals surface area contributed by atoms with E-state index in [1.807, 2.05) is 18.2 Å². The van der Waals surface area contributed by atoms with Gasteiger partial charge in [-0.1, -0.05) is 18.2 Å². The third-order valence-electron chi connectivity index (χ3n) is 3.31. The monoisotopic (exact) mass is 268 g/mol. The maximum absolute atomic E-state index is 12.0. The molecule has 0 N–H and O–H groups in total. The van der Waals surface area contributed by atoms with Crippen LogP contribution in [0.25, 0.3) is 11.3 Å². The number of carbonyl (C=O) groups is 2. The van der Waals surface area contributed by atoms with Crippen LogP contribution in [0.15, 0.2) is 30.6 Å². The second-order valence-corrected chi connectivity index (χ2v) is 4.61. The molecule has 100 valence electrons. The fourth-order valence-electron chi connectivity index (χ4n) is 2.55. The molecule has 6 nitrogen and oxygen atoms in total. The highest BCUT2D eigenvalue weighted by Gasteiger charge is 2.38. The van der Waals surface area contributed by atoms with Gasteiger partial charge < -0.3 is 0 Å². The van der Waals surface area contributed by atoms with Gasteiger partial charge in [-0.3, -0.25) is 14.5 Å². The van der Waals surface area contributed by atoms with Crippen molar-refractivity contribution in [2.45, 2.75) is 19.9 Å². The van der Waals surface area contributed by atoms with Gasteiger partial charge in [-0.2, -0.15) is 0 Å². The SMILES string of the molecule is CC(=O)C1c2ncnnc2-c2ccccc2N1C(C)=O. The standard InChI is InChI=1S/C14H12N4O2/c1-8(19)14-13-12(17-16-7-15-13)10-5-3-4-6-11(10)18(14)9(2)20/h3-7,14H,1-2H3. The molecule has 2 aromatic rings. The predicted octanol–water partition coefficient (Wildman–Crippen LogP) is 1.54. The van der Waals surface area contributed by atoms with E-state index in [1.165, 1.54) is 25.1 Å². The molecule has 0 saturated heterocycles. The fraction of sp³-hybridized carbons (Fsp3) is 0.214. The Labute approximate surface area is 115 Å². The van der Waals surface area contributed by atoms with E-state index in [-0.39, 0.29) is 11.7 Å². The first-order valence-electron chi connectivity index (χ1n) is 6.18. The minimum absolute atomic E-state index is 0.156. The molecule has 0 bridgehead atoms. The molecule has 1 atom stereocenters. The molecule has 20 heavy (non-hydrogen) atoms. The van der Waals surface area contributed by atoms with Crippen LogP contribution < -0.4 is 4.90 Å². The number of benzene rings is 1. The Morgan fingerprint density at radius 1 is 1.20 bits per heavy atom. The van der Waals surface area contributed by atoms with Gasteiger partial charge in [-0.25, -0.2) is 4.98 Å². The molecule has 3 rings (SSSR count). The minimum atomic E-state index is -0.743. The van der Waals surface area contributed by atoms with E-state index < -0.39 is 6.04 Å². The highest BCUT2D eigenvalue weighted by Crippen LogP contribution is 2.42. The third kappa shape index (κ3) is 1.69. The van der Waals surface area contributed by atoms with Crippen LogP contribution >= 0.6 is 0 Å². The number of para-hydroxylation sites is 1. The van der Waals surface area contributed by atoms with Crippen molar-refractivity contribution in [2.24, 2.45) is 0 Å². The number of fused-ring (bicyclic) bond motifs is 3. The van der Waals surface area contributed by atoms with Gasteiger partial charge >= 0.3 is 0 Å². The topological polar surface area (TPSA) is 76.1 Å². The largest absolute Gasteiger partial charge is 0.297 e. The van der Waals surface area contributed by atoms with E-state index in [1.54, 1.807) is 6.07 Å². The minimum Gasteiger partial charge on any atom is -0.297 e. The molecule has 1 aromatic heterocycles. The summed E-state index contributed by atoms with van der Waals surface area (Å²) in [5.74, 6) is -0.363. The molecule has 6 heteroatoms. The number of hydrogen-bond donors (Lipinski definition) is 0. The maximum atomic E-state index is 12.0. The van der Waals surface area contributed by atoms with Crippen LogP contribution in [0.2, 0.25) is 0 Å². The average molecular weight is 268 g/mol. The van der Waals surface area contributed by atoms with E-state index in [0.717, 1.165) is 5.56 Å². The van der Waals surface area contributed by atoms with Crippen LogP contribution in [-0.2, 0) is 9.59 Å².